The number of hydrogen-bond acceptors (Lipinski definition) is 3. The molecule has 0 radical (unpaired) electrons. The molecule has 0 saturated carbocycles. The van der Waals surface area contributed by atoms with Crippen LogP contribution in [0.15, 0.2) is 61.2 Å². The molecule has 0 bridgehead atoms. The van der Waals surface area contributed by atoms with Gasteiger partial charge in [0.05, 0.1) is 13.0 Å². The molecule has 2 amide bonds. The molecule has 1 aliphatic heterocycles. The van der Waals surface area contributed by atoms with Crippen LogP contribution in [0.4, 0.5) is 5.69 Å². The number of ether oxygens (including phenoxy) is 1. The van der Waals surface area contributed by atoms with Crippen molar-refractivity contribution >= 4 is 17.5 Å². The Morgan fingerprint density at radius 3 is 2.72 bits per heavy atom. The fourth-order valence-corrected chi connectivity index (χ4v) is 2.81. The van der Waals surface area contributed by atoms with Gasteiger partial charge in [0, 0.05) is 12.1 Å². The van der Waals surface area contributed by atoms with Gasteiger partial charge in [-0.25, -0.2) is 0 Å². The summed E-state index contributed by atoms with van der Waals surface area (Å²) in [7, 11) is 0. The highest BCUT2D eigenvalue weighted by molar-refractivity contribution is 5.99. The van der Waals surface area contributed by atoms with Crippen molar-refractivity contribution < 1.29 is 14.3 Å². The minimum absolute atomic E-state index is 0.0444. The Hall–Kier alpha value is -3.08. The lowest BCUT2D eigenvalue weighted by Crippen LogP contribution is -2.35. The maximum Gasteiger partial charge on any atom is 0.247 e. The number of carbonyl (C=O) groups is 2. The van der Waals surface area contributed by atoms with Crippen LogP contribution in [0, 0.1) is 0 Å². The van der Waals surface area contributed by atoms with Crippen molar-refractivity contribution in [2.45, 2.75) is 18.9 Å². The Balaban J connectivity index is 1.54. The van der Waals surface area contributed by atoms with E-state index in [4.69, 9.17) is 4.74 Å². The number of benzene rings is 2. The van der Waals surface area contributed by atoms with Crippen LogP contribution in [0.3, 0.4) is 0 Å². The van der Waals surface area contributed by atoms with Crippen molar-refractivity contribution in [2.75, 3.05) is 11.9 Å². The summed E-state index contributed by atoms with van der Waals surface area (Å²) in [5, 5.41) is 5.62. The van der Waals surface area contributed by atoms with Gasteiger partial charge in [0.1, 0.15) is 11.9 Å². The van der Waals surface area contributed by atoms with Gasteiger partial charge in [-0.3, -0.25) is 9.59 Å². The zero-order chi connectivity index (χ0) is 17.6. The predicted octanol–water partition coefficient (Wildman–Crippen LogP) is 2.47. The standard InChI is InChI=1S/C20H20N2O3/c1-2-19(23)22-17-9-5-3-7-14(17)12-20(24)21-13-16-11-15-8-4-6-10-18(15)25-16/h2-10,16H,1,11-13H2,(H,21,24)(H,22,23). The molecule has 0 fully saturated rings. The van der Waals surface area contributed by atoms with Crippen LogP contribution in [0.2, 0.25) is 0 Å². The second kappa shape index (κ2) is 7.66. The summed E-state index contributed by atoms with van der Waals surface area (Å²) in [6.07, 6.45) is 2.14. The van der Waals surface area contributed by atoms with Crippen molar-refractivity contribution in [3.05, 3.63) is 72.3 Å². The highest BCUT2D eigenvalue weighted by atomic mass is 16.5. The van der Waals surface area contributed by atoms with Crippen LogP contribution in [-0.2, 0) is 22.4 Å². The van der Waals surface area contributed by atoms with Gasteiger partial charge < -0.3 is 15.4 Å². The van der Waals surface area contributed by atoms with Crippen LogP contribution < -0.4 is 15.4 Å². The van der Waals surface area contributed by atoms with Gasteiger partial charge in [0.15, 0.2) is 0 Å². The van der Waals surface area contributed by atoms with Crippen LogP contribution in [0.1, 0.15) is 11.1 Å². The molecule has 1 aliphatic rings. The summed E-state index contributed by atoms with van der Waals surface area (Å²) < 4.78 is 5.82. The Bertz CT molecular complexity index is 776. The van der Waals surface area contributed by atoms with E-state index in [2.05, 4.69) is 17.2 Å². The monoisotopic (exact) mass is 336 g/mol. The predicted molar refractivity (Wildman–Crippen MR) is 96.5 cm³/mol. The molecule has 2 aromatic carbocycles. The van der Waals surface area contributed by atoms with E-state index in [0.29, 0.717) is 12.2 Å². The van der Waals surface area contributed by atoms with E-state index in [9.17, 15) is 9.59 Å². The van der Waals surface area contributed by atoms with Gasteiger partial charge >= 0.3 is 0 Å². The zero-order valence-corrected chi connectivity index (χ0v) is 13.8. The average Bonchev–Trinajstić information content (AvgIpc) is 3.04. The SMILES string of the molecule is C=CC(=O)Nc1ccccc1CC(=O)NCC1Cc2ccccc2O1. The van der Waals surface area contributed by atoms with Crippen molar-refractivity contribution in [3.63, 3.8) is 0 Å². The molecule has 0 aliphatic carbocycles. The van der Waals surface area contributed by atoms with Gasteiger partial charge in [-0.05, 0) is 29.3 Å². The smallest absolute Gasteiger partial charge is 0.247 e. The highest BCUT2D eigenvalue weighted by Crippen LogP contribution is 2.27. The van der Waals surface area contributed by atoms with E-state index in [1.165, 1.54) is 11.6 Å². The van der Waals surface area contributed by atoms with Crippen LogP contribution in [-0.4, -0.2) is 24.5 Å². The van der Waals surface area contributed by atoms with Gasteiger partial charge in [0.25, 0.3) is 0 Å². The molecule has 2 aromatic rings. The van der Waals surface area contributed by atoms with Gasteiger partial charge in [-0.2, -0.15) is 0 Å². The van der Waals surface area contributed by atoms with Crippen molar-refractivity contribution in [3.8, 4) is 5.75 Å². The number of fused-ring (bicyclic) bond motifs is 1. The second-order valence-electron chi connectivity index (χ2n) is 5.88. The van der Waals surface area contributed by atoms with E-state index >= 15 is 0 Å². The largest absolute Gasteiger partial charge is 0.488 e. The highest BCUT2D eigenvalue weighted by Gasteiger charge is 2.22. The lowest BCUT2D eigenvalue weighted by atomic mass is 10.1. The molecule has 128 valence electrons. The quantitative estimate of drug-likeness (QED) is 0.797. The number of nitrogens with one attached hydrogen (secondary N) is 2. The number of rotatable bonds is 6. The van der Waals surface area contributed by atoms with Gasteiger partial charge in [-0.1, -0.05) is 43.0 Å². The first-order chi connectivity index (χ1) is 12.2. The first-order valence-electron chi connectivity index (χ1n) is 8.18. The lowest BCUT2D eigenvalue weighted by Gasteiger charge is -2.13. The maximum atomic E-state index is 12.3. The summed E-state index contributed by atoms with van der Waals surface area (Å²) in [5.74, 6) is 0.476. The third-order valence-corrected chi connectivity index (χ3v) is 4.05. The summed E-state index contributed by atoms with van der Waals surface area (Å²) >= 11 is 0. The summed E-state index contributed by atoms with van der Waals surface area (Å²) in [6.45, 7) is 3.89. The zero-order valence-electron chi connectivity index (χ0n) is 13.8. The molecule has 25 heavy (non-hydrogen) atoms. The molecule has 2 N–H and O–H groups in total. The average molecular weight is 336 g/mol. The second-order valence-corrected chi connectivity index (χ2v) is 5.88. The fraction of sp³-hybridized carbons (Fsp3) is 0.200. The third kappa shape index (κ3) is 4.26. The lowest BCUT2D eigenvalue weighted by molar-refractivity contribution is -0.120. The first kappa shape index (κ1) is 16.8. The minimum atomic E-state index is -0.301. The summed E-state index contributed by atoms with van der Waals surface area (Å²) in [4.78, 5) is 23.7. The topological polar surface area (TPSA) is 67.4 Å². The molecule has 3 rings (SSSR count). The number of hydrogen-bond donors (Lipinski definition) is 2. The van der Waals surface area contributed by atoms with Gasteiger partial charge in [-0.15, -0.1) is 0 Å². The van der Waals surface area contributed by atoms with Crippen molar-refractivity contribution in [1.82, 2.24) is 5.32 Å². The number of anilines is 1. The fourth-order valence-electron chi connectivity index (χ4n) is 2.81. The van der Waals surface area contributed by atoms with Crippen LogP contribution >= 0.6 is 0 Å². The molecule has 0 saturated heterocycles. The molecule has 5 nitrogen and oxygen atoms in total. The third-order valence-electron chi connectivity index (χ3n) is 4.05. The van der Waals surface area contributed by atoms with E-state index in [1.54, 1.807) is 6.07 Å². The minimum Gasteiger partial charge on any atom is -0.488 e. The van der Waals surface area contributed by atoms with E-state index in [-0.39, 0.29) is 24.3 Å². The van der Waals surface area contributed by atoms with Crippen molar-refractivity contribution in [2.24, 2.45) is 0 Å². The van der Waals surface area contributed by atoms with E-state index < -0.39 is 0 Å². The van der Waals surface area contributed by atoms with E-state index in [0.717, 1.165) is 17.7 Å². The van der Waals surface area contributed by atoms with Crippen LogP contribution in [0.25, 0.3) is 0 Å². The number of amides is 2. The molecule has 1 heterocycles. The maximum absolute atomic E-state index is 12.3. The molecule has 0 spiro atoms. The van der Waals surface area contributed by atoms with Crippen LogP contribution in [0.5, 0.6) is 5.75 Å². The molecule has 5 heteroatoms. The molecular weight excluding hydrogens is 316 g/mol. The summed E-state index contributed by atoms with van der Waals surface area (Å²) in [5.41, 5.74) is 2.54. The first-order valence-corrected chi connectivity index (χ1v) is 8.18. The Labute approximate surface area is 146 Å². The number of carbonyl (C=O) groups excluding carboxylic acids is 2. The molecule has 0 aromatic heterocycles. The normalized spacial score (nSPS) is 15.0. The molecule has 1 atom stereocenters. The van der Waals surface area contributed by atoms with E-state index in [1.807, 2.05) is 42.5 Å². The van der Waals surface area contributed by atoms with Crippen molar-refractivity contribution in [1.29, 1.82) is 0 Å². The summed E-state index contributed by atoms with van der Waals surface area (Å²) in [6, 6.07) is 15.1. The Kier molecular flexibility index (Phi) is 5.14. The molecular formula is C20H20N2O3. The Morgan fingerprint density at radius 1 is 1.16 bits per heavy atom. The number of para-hydroxylation sites is 2. The van der Waals surface area contributed by atoms with Gasteiger partial charge in [0.2, 0.25) is 11.8 Å². The molecule has 1 unspecified atom stereocenters. The Morgan fingerprint density at radius 2 is 1.92 bits per heavy atom.